The molecule has 4 nitrogen and oxygen atoms in total. The van der Waals surface area contributed by atoms with Crippen LogP contribution in [0.15, 0.2) is 18.2 Å². The van der Waals surface area contributed by atoms with Crippen molar-refractivity contribution in [1.29, 1.82) is 0 Å². The minimum absolute atomic E-state index is 0.0704. The van der Waals surface area contributed by atoms with Gasteiger partial charge < -0.3 is 20.3 Å². The van der Waals surface area contributed by atoms with Crippen LogP contribution in [0.4, 0.5) is 0 Å². The van der Waals surface area contributed by atoms with E-state index in [4.69, 9.17) is 9.84 Å². The van der Waals surface area contributed by atoms with Gasteiger partial charge in [0.25, 0.3) is 0 Å². The summed E-state index contributed by atoms with van der Waals surface area (Å²) in [5.74, 6) is 0.331. The fourth-order valence-corrected chi connectivity index (χ4v) is 1.79. The number of phenols is 1. The van der Waals surface area contributed by atoms with E-state index >= 15 is 0 Å². The average Bonchev–Trinajstić information content (AvgIpc) is 2.36. The Morgan fingerprint density at radius 2 is 2.11 bits per heavy atom. The highest BCUT2D eigenvalue weighted by Gasteiger charge is 2.09. The van der Waals surface area contributed by atoms with Crippen LogP contribution in [0.25, 0.3) is 0 Å². The lowest BCUT2D eigenvalue weighted by Crippen LogP contribution is -2.21. The van der Waals surface area contributed by atoms with E-state index in [9.17, 15) is 5.11 Å². The molecule has 0 saturated heterocycles. The summed E-state index contributed by atoms with van der Waals surface area (Å²) in [6, 6.07) is 5.74. The minimum atomic E-state index is 0.0704. The van der Waals surface area contributed by atoms with Crippen LogP contribution in [0.3, 0.4) is 0 Å². The number of aliphatic hydroxyl groups excluding tert-OH is 1. The standard InChI is InChI=1S/C14H23NO3/c1-11-4-5-14(17)13(10-11)12(2)15-6-3-8-18-9-7-16/h4-5,10,12,15-17H,3,6-9H2,1-2H3. The van der Waals surface area contributed by atoms with Gasteiger partial charge in [0.15, 0.2) is 0 Å². The Kier molecular flexibility index (Phi) is 6.72. The van der Waals surface area contributed by atoms with Gasteiger partial charge in [-0.2, -0.15) is 0 Å². The minimum Gasteiger partial charge on any atom is -0.508 e. The molecular weight excluding hydrogens is 230 g/mol. The summed E-state index contributed by atoms with van der Waals surface area (Å²) in [6.07, 6.45) is 0.886. The molecule has 0 amide bonds. The van der Waals surface area contributed by atoms with Crippen LogP contribution in [0.5, 0.6) is 5.75 Å². The van der Waals surface area contributed by atoms with Gasteiger partial charge >= 0.3 is 0 Å². The molecule has 1 unspecified atom stereocenters. The van der Waals surface area contributed by atoms with Gasteiger partial charge in [0.1, 0.15) is 5.75 Å². The summed E-state index contributed by atoms with van der Waals surface area (Å²) < 4.78 is 5.17. The lowest BCUT2D eigenvalue weighted by atomic mass is 10.0. The zero-order valence-corrected chi connectivity index (χ0v) is 11.1. The van der Waals surface area contributed by atoms with Crippen molar-refractivity contribution in [3.63, 3.8) is 0 Å². The van der Waals surface area contributed by atoms with Crippen LogP contribution in [-0.2, 0) is 4.74 Å². The summed E-state index contributed by atoms with van der Waals surface area (Å²) in [4.78, 5) is 0. The van der Waals surface area contributed by atoms with E-state index in [1.807, 2.05) is 26.0 Å². The van der Waals surface area contributed by atoms with Crippen molar-refractivity contribution < 1.29 is 14.9 Å². The first-order chi connectivity index (χ1) is 8.65. The zero-order valence-electron chi connectivity index (χ0n) is 11.1. The molecule has 1 rings (SSSR count). The molecule has 3 N–H and O–H groups in total. The van der Waals surface area contributed by atoms with Gasteiger partial charge in [0, 0.05) is 18.2 Å². The van der Waals surface area contributed by atoms with Crippen molar-refractivity contribution in [2.24, 2.45) is 0 Å². The van der Waals surface area contributed by atoms with Gasteiger partial charge in [-0.15, -0.1) is 0 Å². The van der Waals surface area contributed by atoms with Gasteiger partial charge in [-0.3, -0.25) is 0 Å². The van der Waals surface area contributed by atoms with Crippen LogP contribution in [-0.4, -0.2) is 36.6 Å². The van der Waals surface area contributed by atoms with Crippen molar-refractivity contribution >= 4 is 0 Å². The molecular formula is C14H23NO3. The molecule has 1 aromatic carbocycles. The van der Waals surface area contributed by atoms with Gasteiger partial charge in [-0.05, 0) is 32.9 Å². The van der Waals surface area contributed by atoms with Crippen LogP contribution in [0.1, 0.15) is 30.5 Å². The molecule has 1 aromatic rings. The highest BCUT2D eigenvalue weighted by atomic mass is 16.5. The second-order valence-electron chi connectivity index (χ2n) is 4.43. The number of hydrogen-bond donors (Lipinski definition) is 3. The summed E-state index contributed by atoms with van der Waals surface area (Å²) in [7, 11) is 0. The van der Waals surface area contributed by atoms with Gasteiger partial charge in [0.05, 0.1) is 13.2 Å². The van der Waals surface area contributed by atoms with Crippen LogP contribution < -0.4 is 5.32 Å². The number of aryl methyl sites for hydroxylation is 1. The van der Waals surface area contributed by atoms with Crippen molar-refractivity contribution in [2.75, 3.05) is 26.4 Å². The number of nitrogens with one attached hydrogen (secondary N) is 1. The van der Waals surface area contributed by atoms with Crippen LogP contribution in [0, 0.1) is 6.92 Å². The molecule has 0 saturated carbocycles. The van der Waals surface area contributed by atoms with Crippen molar-refractivity contribution in [2.45, 2.75) is 26.3 Å². The molecule has 0 aromatic heterocycles. The van der Waals surface area contributed by atoms with E-state index in [-0.39, 0.29) is 12.6 Å². The highest BCUT2D eigenvalue weighted by Crippen LogP contribution is 2.24. The van der Waals surface area contributed by atoms with E-state index in [0.717, 1.165) is 24.1 Å². The lowest BCUT2D eigenvalue weighted by molar-refractivity contribution is 0.0904. The molecule has 0 heterocycles. The van der Waals surface area contributed by atoms with E-state index in [1.165, 1.54) is 0 Å². The Labute approximate surface area is 109 Å². The summed E-state index contributed by atoms with van der Waals surface area (Å²) in [5, 5.41) is 21.7. The Bertz CT molecular complexity index is 355. The van der Waals surface area contributed by atoms with Crippen molar-refractivity contribution in [3.05, 3.63) is 29.3 Å². The molecule has 1 atom stereocenters. The monoisotopic (exact) mass is 253 g/mol. The number of benzene rings is 1. The molecule has 4 heteroatoms. The van der Waals surface area contributed by atoms with Gasteiger partial charge in [-0.25, -0.2) is 0 Å². The molecule has 0 aliphatic rings. The van der Waals surface area contributed by atoms with Gasteiger partial charge in [0.2, 0.25) is 0 Å². The molecule has 0 spiro atoms. The molecule has 0 aliphatic heterocycles. The third kappa shape index (κ3) is 5.04. The maximum absolute atomic E-state index is 9.79. The third-order valence-electron chi connectivity index (χ3n) is 2.80. The second kappa shape index (κ2) is 8.08. The van der Waals surface area contributed by atoms with E-state index in [2.05, 4.69) is 5.32 Å². The summed E-state index contributed by atoms with van der Waals surface area (Å²) in [6.45, 7) is 5.97. The Balaban J connectivity index is 2.31. The van der Waals surface area contributed by atoms with Crippen molar-refractivity contribution in [1.82, 2.24) is 5.32 Å². The SMILES string of the molecule is Cc1ccc(O)c(C(C)NCCCOCCO)c1. The van der Waals surface area contributed by atoms with E-state index in [1.54, 1.807) is 6.07 Å². The molecule has 0 radical (unpaired) electrons. The molecule has 0 fully saturated rings. The van der Waals surface area contributed by atoms with E-state index in [0.29, 0.717) is 19.0 Å². The number of rotatable bonds is 8. The predicted octanol–water partition coefficient (Wildman–Crippen LogP) is 1.75. The Morgan fingerprint density at radius 1 is 1.33 bits per heavy atom. The largest absolute Gasteiger partial charge is 0.508 e. The number of aliphatic hydroxyl groups is 1. The Morgan fingerprint density at radius 3 is 2.83 bits per heavy atom. The van der Waals surface area contributed by atoms with Crippen molar-refractivity contribution in [3.8, 4) is 5.75 Å². The maximum atomic E-state index is 9.79. The fourth-order valence-electron chi connectivity index (χ4n) is 1.79. The summed E-state index contributed by atoms with van der Waals surface area (Å²) >= 11 is 0. The molecule has 0 bridgehead atoms. The topological polar surface area (TPSA) is 61.7 Å². The molecule has 0 aliphatic carbocycles. The van der Waals surface area contributed by atoms with Gasteiger partial charge in [-0.1, -0.05) is 17.7 Å². The third-order valence-corrected chi connectivity index (χ3v) is 2.80. The van der Waals surface area contributed by atoms with E-state index < -0.39 is 0 Å². The van der Waals surface area contributed by atoms with Crippen LogP contribution >= 0.6 is 0 Å². The number of phenolic OH excluding ortho intramolecular Hbond substituents is 1. The molecule has 18 heavy (non-hydrogen) atoms. The highest BCUT2D eigenvalue weighted by molar-refractivity contribution is 5.37. The number of hydrogen-bond acceptors (Lipinski definition) is 4. The number of ether oxygens (including phenoxy) is 1. The predicted molar refractivity (Wildman–Crippen MR) is 71.8 cm³/mol. The quantitative estimate of drug-likeness (QED) is 0.618. The Hall–Kier alpha value is -1.10. The fraction of sp³-hybridized carbons (Fsp3) is 0.571. The first kappa shape index (κ1) is 15.0. The molecule has 102 valence electrons. The first-order valence-corrected chi connectivity index (χ1v) is 6.36. The lowest BCUT2D eigenvalue weighted by Gasteiger charge is -2.16. The smallest absolute Gasteiger partial charge is 0.120 e. The average molecular weight is 253 g/mol. The first-order valence-electron chi connectivity index (χ1n) is 6.36. The number of aromatic hydroxyl groups is 1. The zero-order chi connectivity index (χ0) is 13.4. The van der Waals surface area contributed by atoms with Crippen LogP contribution in [0.2, 0.25) is 0 Å². The summed E-state index contributed by atoms with van der Waals surface area (Å²) in [5.41, 5.74) is 2.06. The second-order valence-corrected chi connectivity index (χ2v) is 4.43. The normalized spacial score (nSPS) is 12.6. The maximum Gasteiger partial charge on any atom is 0.120 e.